The van der Waals surface area contributed by atoms with Gasteiger partial charge < -0.3 is 5.73 Å². The molecule has 7 heteroatoms. The number of thiophene rings is 1. The molecule has 1 fully saturated rings. The van der Waals surface area contributed by atoms with E-state index < -0.39 is 10.0 Å². The first-order valence-corrected chi connectivity index (χ1v) is 8.68. The molecule has 3 N–H and O–H groups in total. The largest absolute Gasteiger partial charge is 0.328 e. The van der Waals surface area contributed by atoms with Gasteiger partial charge in [0.05, 0.1) is 0 Å². The zero-order chi connectivity index (χ0) is 13.2. The third kappa shape index (κ3) is 4.43. The Morgan fingerprint density at radius 1 is 1.32 bits per heavy atom. The molecule has 4 nitrogen and oxygen atoms in total. The molecular formula is C12H21ClN2O2S2. The van der Waals surface area contributed by atoms with Gasteiger partial charge in [0.2, 0.25) is 10.0 Å². The van der Waals surface area contributed by atoms with Crippen molar-refractivity contribution in [1.29, 1.82) is 0 Å². The molecule has 1 aliphatic rings. The fourth-order valence-electron chi connectivity index (χ4n) is 2.21. The van der Waals surface area contributed by atoms with Gasteiger partial charge in [-0.15, -0.1) is 23.7 Å². The highest BCUT2D eigenvalue weighted by atomic mass is 35.5. The van der Waals surface area contributed by atoms with Crippen LogP contribution in [0.25, 0.3) is 0 Å². The summed E-state index contributed by atoms with van der Waals surface area (Å²) in [6.45, 7) is 2.03. The first-order valence-electron chi connectivity index (χ1n) is 6.38. The number of rotatable bonds is 4. The van der Waals surface area contributed by atoms with E-state index in [-0.39, 0.29) is 24.5 Å². The van der Waals surface area contributed by atoms with Crippen molar-refractivity contribution < 1.29 is 8.42 Å². The number of nitrogens with one attached hydrogen (secondary N) is 1. The summed E-state index contributed by atoms with van der Waals surface area (Å²) >= 11 is 1.35. The second kappa shape index (κ2) is 7.04. The molecule has 0 amide bonds. The van der Waals surface area contributed by atoms with Gasteiger partial charge in [0.1, 0.15) is 4.21 Å². The van der Waals surface area contributed by atoms with Crippen molar-refractivity contribution >= 4 is 33.8 Å². The molecule has 2 rings (SSSR count). The third-order valence-electron chi connectivity index (χ3n) is 3.34. The molecule has 1 aliphatic carbocycles. The Hall–Kier alpha value is -0.140. The molecule has 0 radical (unpaired) electrons. The van der Waals surface area contributed by atoms with Crippen molar-refractivity contribution in [2.24, 2.45) is 5.73 Å². The zero-order valence-corrected chi connectivity index (χ0v) is 13.4. The summed E-state index contributed by atoms with van der Waals surface area (Å²) in [5.74, 6) is 0. The standard InChI is InChI=1S/C12H20N2O2S2.ClH/c1-2-11-7-8-12(17-11)18(15,16)14-10-5-3-9(13)4-6-10;/h7-10,14H,2-6,13H2,1H3;1H. The van der Waals surface area contributed by atoms with Crippen molar-refractivity contribution in [3.63, 3.8) is 0 Å². The first kappa shape index (κ1) is 16.9. The summed E-state index contributed by atoms with van der Waals surface area (Å²) < 4.78 is 27.6. The molecule has 0 bridgehead atoms. The average Bonchev–Trinajstić information content (AvgIpc) is 2.81. The fraction of sp³-hybridized carbons (Fsp3) is 0.667. The predicted molar refractivity (Wildman–Crippen MR) is 81.5 cm³/mol. The molecular weight excluding hydrogens is 304 g/mol. The van der Waals surface area contributed by atoms with E-state index in [1.54, 1.807) is 6.07 Å². The Morgan fingerprint density at radius 3 is 2.47 bits per heavy atom. The highest BCUT2D eigenvalue weighted by molar-refractivity contribution is 7.91. The summed E-state index contributed by atoms with van der Waals surface area (Å²) in [5, 5.41) is 0. The quantitative estimate of drug-likeness (QED) is 0.892. The summed E-state index contributed by atoms with van der Waals surface area (Å²) in [5.41, 5.74) is 5.82. The molecule has 0 aromatic carbocycles. The zero-order valence-electron chi connectivity index (χ0n) is 11.0. The van der Waals surface area contributed by atoms with E-state index in [2.05, 4.69) is 4.72 Å². The van der Waals surface area contributed by atoms with Crippen molar-refractivity contribution in [2.45, 2.75) is 55.3 Å². The van der Waals surface area contributed by atoms with E-state index in [0.29, 0.717) is 4.21 Å². The third-order valence-corrected chi connectivity index (χ3v) is 6.59. The van der Waals surface area contributed by atoms with Crippen LogP contribution >= 0.6 is 23.7 Å². The van der Waals surface area contributed by atoms with E-state index in [0.717, 1.165) is 37.0 Å². The maximum absolute atomic E-state index is 12.2. The second-order valence-electron chi connectivity index (χ2n) is 4.81. The summed E-state index contributed by atoms with van der Waals surface area (Å²) in [7, 11) is -3.34. The molecule has 19 heavy (non-hydrogen) atoms. The summed E-state index contributed by atoms with van der Waals surface area (Å²) in [6.07, 6.45) is 4.35. The van der Waals surface area contributed by atoms with Crippen LogP contribution in [0.4, 0.5) is 0 Å². The minimum absolute atomic E-state index is 0. The average molecular weight is 325 g/mol. The lowest BCUT2D eigenvalue weighted by Gasteiger charge is -2.26. The molecule has 110 valence electrons. The van der Waals surface area contributed by atoms with E-state index in [1.165, 1.54) is 11.3 Å². The highest BCUT2D eigenvalue weighted by Gasteiger charge is 2.25. The maximum atomic E-state index is 12.2. The van der Waals surface area contributed by atoms with Crippen LogP contribution in [-0.2, 0) is 16.4 Å². The van der Waals surface area contributed by atoms with Gasteiger partial charge in [-0.25, -0.2) is 13.1 Å². The van der Waals surface area contributed by atoms with Crippen LogP contribution in [0, 0.1) is 0 Å². The fourth-order valence-corrected chi connectivity index (χ4v) is 4.82. The molecule has 0 aliphatic heterocycles. The van der Waals surface area contributed by atoms with Crippen LogP contribution in [0.2, 0.25) is 0 Å². The van der Waals surface area contributed by atoms with Gasteiger partial charge >= 0.3 is 0 Å². The minimum atomic E-state index is -3.34. The van der Waals surface area contributed by atoms with Gasteiger partial charge in [-0.3, -0.25) is 0 Å². The predicted octanol–water partition coefficient (Wildman–Crippen LogP) is 2.28. The number of hydrogen-bond acceptors (Lipinski definition) is 4. The van der Waals surface area contributed by atoms with Gasteiger partial charge in [0.15, 0.2) is 0 Å². The van der Waals surface area contributed by atoms with Gasteiger partial charge in [-0.1, -0.05) is 6.92 Å². The number of nitrogens with two attached hydrogens (primary N) is 1. The van der Waals surface area contributed by atoms with Crippen LogP contribution in [0.5, 0.6) is 0 Å². The first-order chi connectivity index (χ1) is 8.51. The number of halogens is 1. The highest BCUT2D eigenvalue weighted by Crippen LogP contribution is 2.24. The molecule has 0 spiro atoms. The summed E-state index contributed by atoms with van der Waals surface area (Å²) in [4.78, 5) is 1.10. The van der Waals surface area contributed by atoms with Crippen molar-refractivity contribution in [1.82, 2.24) is 4.72 Å². The van der Waals surface area contributed by atoms with Gasteiger partial charge in [0.25, 0.3) is 0 Å². The molecule has 1 aromatic rings. The SMILES string of the molecule is CCc1ccc(S(=O)(=O)NC2CCC(N)CC2)s1.Cl. The van der Waals surface area contributed by atoms with Crippen molar-refractivity contribution in [3.05, 3.63) is 17.0 Å². The molecule has 0 unspecified atom stereocenters. The van der Waals surface area contributed by atoms with Crippen LogP contribution in [-0.4, -0.2) is 20.5 Å². The van der Waals surface area contributed by atoms with Crippen LogP contribution in [0.3, 0.4) is 0 Å². The maximum Gasteiger partial charge on any atom is 0.250 e. The Kier molecular flexibility index (Phi) is 6.26. The molecule has 1 saturated carbocycles. The summed E-state index contributed by atoms with van der Waals surface area (Å²) in [6, 6.07) is 3.86. The Balaban J connectivity index is 0.00000180. The second-order valence-corrected chi connectivity index (χ2v) is 7.92. The lowest BCUT2D eigenvalue weighted by Crippen LogP contribution is -2.40. The Morgan fingerprint density at radius 2 is 1.95 bits per heavy atom. The number of aryl methyl sites for hydroxylation is 1. The Labute approximate surface area is 125 Å². The molecule has 0 saturated heterocycles. The normalized spacial score (nSPS) is 23.9. The minimum Gasteiger partial charge on any atom is -0.328 e. The van der Waals surface area contributed by atoms with E-state index in [1.807, 2.05) is 13.0 Å². The van der Waals surface area contributed by atoms with Gasteiger partial charge in [-0.2, -0.15) is 0 Å². The van der Waals surface area contributed by atoms with Crippen molar-refractivity contribution in [2.75, 3.05) is 0 Å². The topological polar surface area (TPSA) is 72.2 Å². The van der Waals surface area contributed by atoms with Crippen LogP contribution < -0.4 is 10.5 Å². The van der Waals surface area contributed by atoms with E-state index >= 15 is 0 Å². The molecule has 1 heterocycles. The van der Waals surface area contributed by atoms with Crippen LogP contribution in [0.15, 0.2) is 16.3 Å². The Bertz CT molecular complexity index is 494. The van der Waals surface area contributed by atoms with Gasteiger partial charge in [-0.05, 0) is 44.2 Å². The monoisotopic (exact) mass is 324 g/mol. The van der Waals surface area contributed by atoms with Gasteiger partial charge in [0, 0.05) is 17.0 Å². The number of hydrogen-bond donors (Lipinski definition) is 2. The lowest BCUT2D eigenvalue weighted by atomic mass is 9.93. The molecule has 0 atom stereocenters. The van der Waals surface area contributed by atoms with E-state index in [4.69, 9.17) is 5.73 Å². The number of sulfonamides is 1. The lowest BCUT2D eigenvalue weighted by molar-refractivity contribution is 0.374. The van der Waals surface area contributed by atoms with E-state index in [9.17, 15) is 8.42 Å². The van der Waals surface area contributed by atoms with Crippen LogP contribution in [0.1, 0.15) is 37.5 Å². The smallest absolute Gasteiger partial charge is 0.250 e. The van der Waals surface area contributed by atoms with Crippen molar-refractivity contribution in [3.8, 4) is 0 Å². The molecule has 1 aromatic heterocycles.